The molecule has 2 aliphatic carbocycles. The second kappa shape index (κ2) is 16.7. The average Bonchev–Trinajstić information content (AvgIpc) is 3.60. The summed E-state index contributed by atoms with van der Waals surface area (Å²) in [4.78, 5) is 77.4. The Bertz CT molecular complexity index is 2650. The van der Waals surface area contributed by atoms with Crippen LogP contribution in [-0.2, 0) is 19.1 Å². The van der Waals surface area contributed by atoms with Crippen molar-refractivity contribution in [3.05, 3.63) is 76.6 Å². The lowest BCUT2D eigenvalue weighted by molar-refractivity contribution is -0.139. The first kappa shape index (κ1) is 43.6. The number of ether oxygens (including phenoxy) is 2. The molecule has 2 aliphatic heterocycles. The number of hydrogen-bond acceptors (Lipinski definition) is 9. The molecule has 5 heterocycles. The molecule has 5 aromatic rings. The molecule has 3 aromatic heterocycles. The Morgan fingerprint density at radius 3 is 1.91 bits per heavy atom. The molecular formula is C47H53Cl2N9O6. The monoisotopic (exact) mass is 909 g/mol. The Morgan fingerprint density at radius 1 is 0.719 bits per heavy atom. The van der Waals surface area contributed by atoms with E-state index in [1.807, 2.05) is 86.0 Å². The van der Waals surface area contributed by atoms with Gasteiger partial charge in [0.05, 0.1) is 43.2 Å². The number of aromatic amines is 2. The summed E-state index contributed by atoms with van der Waals surface area (Å²) in [5, 5.41) is 7.00. The smallest absolute Gasteiger partial charge is 0.407 e. The van der Waals surface area contributed by atoms with Gasteiger partial charge in [0.25, 0.3) is 0 Å². The number of imidazole rings is 2. The van der Waals surface area contributed by atoms with E-state index >= 15 is 0 Å². The van der Waals surface area contributed by atoms with Crippen molar-refractivity contribution in [2.75, 3.05) is 14.2 Å². The fourth-order valence-electron chi connectivity index (χ4n) is 10.1. The van der Waals surface area contributed by atoms with Crippen LogP contribution >= 0.6 is 23.2 Å². The zero-order valence-corrected chi connectivity index (χ0v) is 38.4. The molecule has 2 aromatic carbocycles. The van der Waals surface area contributed by atoms with Crippen molar-refractivity contribution in [3.8, 4) is 33.8 Å². The van der Waals surface area contributed by atoms with Crippen molar-refractivity contribution in [1.82, 2.24) is 45.4 Å². The van der Waals surface area contributed by atoms with Gasteiger partial charge in [-0.25, -0.2) is 24.5 Å². The minimum absolute atomic E-state index is 0.0350. The van der Waals surface area contributed by atoms with Crippen molar-refractivity contribution in [2.45, 2.75) is 103 Å². The zero-order chi connectivity index (χ0) is 45.4. The number of benzene rings is 2. The summed E-state index contributed by atoms with van der Waals surface area (Å²) in [7, 11) is 2.58. The van der Waals surface area contributed by atoms with Crippen LogP contribution in [-0.4, -0.2) is 97.1 Å². The SMILES string of the molecule is COC(=O)N[C@H](C(=O)N1[C@@H]2CC[C@@H]2C[C@H]1c1nc(Cl)c(-c2ccc(-c3ccc4nc(-c5[nH]c([C@@H]6C[C@]7(C)C[C@H]7N6C(=O)[C@@H](NC(=O)OC)C(C)C)nc5Cl)ccc4c3)cc2)[nH]1)C(C)C. The summed E-state index contributed by atoms with van der Waals surface area (Å²) < 4.78 is 9.64. The molecule has 4 N–H and O–H groups in total. The van der Waals surface area contributed by atoms with Gasteiger partial charge in [0.2, 0.25) is 11.8 Å². The van der Waals surface area contributed by atoms with Gasteiger partial charge in [-0.3, -0.25) is 9.59 Å². The first-order chi connectivity index (χ1) is 30.6. The molecule has 4 fully saturated rings. The van der Waals surface area contributed by atoms with E-state index in [1.54, 1.807) is 0 Å². The fraction of sp³-hybridized carbons (Fsp3) is 0.468. The number of pyridine rings is 1. The zero-order valence-electron chi connectivity index (χ0n) is 36.9. The Labute approximate surface area is 381 Å². The van der Waals surface area contributed by atoms with Crippen molar-refractivity contribution < 1.29 is 28.7 Å². The number of aromatic nitrogens is 5. The van der Waals surface area contributed by atoms with Crippen molar-refractivity contribution in [1.29, 1.82) is 0 Å². The highest BCUT2D eigenvalue weighted by Gasteiger charge is 2.64. The first-order valence-corrected chi connectivity index (χ1v) is 22.7. The van der Waals surface area contributed by atoms with Crippen LogP contribution in [0.2, 0.25) is 10.3 Å². The average molecular weight is 911 g/mol. The van der Waals surface area contributed by atoms with Gasteiger partial charge >= 0.3 is 12.2 Å². The molecule has 9 rings (SSSR count). The van der Waals surface area contributed by atoms with Gasteiger partial charge in [0.1, 0.15) is 29.4 Å². The van der Waals surface area contributed by atoms with Crippen LogP contribution in [0.15, 0.2) is 54.6 Å². The molecule has 0 spiro atoms. The highest BCUT2D eigenvalue weighted by atomic mass is 35.5. The van der Waals surface area contributed by atoms with Crippen LogP contribution in [0.4, 0.5) is 9.59 Å². The summed E-state index contributed by atoms with van der Waals surface area (Å²) in [5.74, 6) is 0.986. The van der Waals surface area contributed by atoms with Gasteiger partial charge in [-0.1, -0.05) is 94.2 Å². The number of H-pyrrole nitrogens is 2. The Balaban J connectivity index is 0.918. The second-order valence-electron chi connectivity index (χ2n) is 18.7. The number of nitrogens with one attached hydrogen (secondary N) is 4. The lowest BCUT2D eigenvalue weighted by Crippen LogP contribution is -2.54. The standard InChI is InChI=1S/C47H53Cl2N9O6/c1-22(2)35(53-45(61)63-6)43(59)57-31-17-14-28(31)19-32(57)41-51-37(39(48)55-41)25-10-8-24(9-11-25)26-12-15-29-27(18-26)13-16-30(50-29)38-40(49)56-42(52-38)33-20-47(5)21-34(47)58(33)44(60)36(23(3)4)54-46(62)64-7/h8-13,15-16,18,22-23,28,31-36H,14,17,19-21H2,1-7H3,(H,51,55)(H,52,56)(H,53,61)(H,54,62)/t28-,31-,32+,33+,34-,35+,36+,47-/m1/s1. The van der Waals surface area contributed by atoms with Gasteiger partial charge in [-0.15, -0.1) is 0 Å². The molecule has 17 heteroatoms. The van der Waals surface area contributed by atoms with Crippen LogP contribution in [0.1, 0.15) is 90.5 Å². The summed E-state index contributed by atoms with van der Waals surface area (Å²) >= 11 is 13.6. The molecule has 0 radical (unpaired) electrons. The van der Waals surface area contributed by atoms with E-state index in [4.69, 9.17) is 47.6 Å². The molecule has 0 unspecified atom stereocenters. The Hall–Kier alpha value is -5.67. The third kappa shape index (κ3) is 7.73. The first-order valence-electron chi connectivity index (χ1n) is 21.9. The lowest BCUT2D eigenvalue weighted by Gasteiger charge is -2.39. The number of fused-ring (bicyclic) bond motifs is 3. The number of hydrogen-bond donors (Lipinski definition) is 4. The minimum atomic E-state index is -0.748. The van der Waals surface area contributed by atoms with Crippen molar-refractivity contribution >= 4 is 58.1 Å². The summed E-state index contributed by atoms with van der Waals surface area (Å²) in [5.41, 5.74) is 5.46. The number of alkyl carbamates (subject to hydrolysis) is 2. The minimum Gasteiger partial charge on any atom is -0.453 e. The van der Waals surface area contributed by atoms with E-state index in [0.717, 1.165) is 59.7 Å². The molecule has 336 valence electrons. The predicted molar refractivity (Wildman–Crippen MR) is 242 cm³/mol. The summed E-state index contributed by atoms with van der Waals surface area (Å²) in [6, 6.07) is 16.1. The number of likely N-dealkylation sites (tertiary alicyclic amines) is 2. The van der Waals surface area contributed by atoms with Gasteiger partial charge in [-0.2, -0.15) is 0 Å². The van der Waals surface area contributed by atoms with Gasteiger partial charge in [0, 0.05) is 23.0 Å². The number of piperidine rings is 1. The molecule has 2 saturated carbocycles. The third-order valence-corrected chi connectivity index (χ3v) is 14.5. The van der Waals surface area contributed by atoms with E-state index in [0.29, 0.717) is 39.8 Å². The van der Waals surface area contributed by atoms with Crippen LogP contribution in [0.25, 0.3) is 44.7 Å². The number of rotatable bonds is 11. The third-order valence-electron chi connectivity index (χ3n) is 14.0. The number of methoxy groups -OCH3 is 2. The van der Waals surface area contributed by atoms with E-state index in [2.05, 4.69) is 33.6 Å². The fourth-order valence-corrected chi connectivity index (χ4v) is 10.6. The number of amides is 4. The molecule has 2 saturated heterocycles. The second-order valence-corrected chi connectivity index (χ2v) is 19.4. The largest absolute Gasteiger partial charge is 0.453 e. The summed E-state index contributed by atoms with van der Waals surface area (Å²) in [6.45, 7) is 9.78. The molecule has 0 bridgehead atoms. The van der Waals surface area contributed by atoms with Crippen LogP contribution in [0.3, 0.4) is 0 Å². The number of nitrogens with zero attached hydrogens (tertiary/aromatic N) is 5. The molecular weight excluding hydrogens is 857 g/mol. The summed E-state index contributed by atoms with van der Waals surface area (Å²) in [6.07, 6.45) is 3.05. The number of carbonyl (C=O) groups is 4. The molecule has 8 atom stereocenters. The molecule has 4 aliphatic rings. The quantitative estimate of drug-likeness (QED) is 0.100. The van der Waals surface area contributed by atoms with Crippen LogP contribution < -0.4 is 10.6 Å². The topological polar surface area (TPSA) is 188 Å². The maximum Gasteiger partial charge on any atom is 0.407 e. The van der Waals surface area contributed by atoms with E-state index in [1.165, 1.54) is 14.2 Å². The number of carbonyl (C=O) groups excluding carboxylic acids is 4. The van der Waals surface area contributed by atoms with E-state index < -0.39 is 24.3 Å². The van der Waals surface area contributed by atoms with Crippen LogP contribution in [0, 0.1) is 23.2 Å². The van der Waals surface area contributed by atoms with Crippen molar-refractivity contribution in [3.63, 3.8) is 0 Å². The maximum absolute atomic E-state index is 14.0. The Morgan fingerprint density at radius 2 is 1.30 bits per heavy atom. The molecule has 4 amide bonds. The predicted octanol–water partition coefficient (Wildman–Crippen LogP) is 8.85. The number of halogens is 2. The highest BCUT2D eigenvalue weighted by Crippen LogP contribution is 2.63. The van der Waals surface area contributed by atoms with E-state index in [9.17, 15) is 19.2 Å². The van der Waals surface area contributed by atoms with Gasteiger partial charge in [-0.05, 0) is 84.6 Å². The van der Waals surface area contributed by atoms with Gasteiger partial charge < -0.3 is 39.9 Å². The molecule has 64 heavy (non-hydrogen) atoms. The highest BCUT2D eigenvalue weighted by molar-refractivity contribution is 6.32. The normalized spacial score (nSPS) is 24.3. The molecule has 15 nitrogen and oxygen atoms in total. The lowest BCUT2D eigenvalue weighted by atomic mass is 9.80. The van der Waals surface area contributed by atoms with Crippen LogP contribution in [0.5, 0.6) is 0 Å². The van der Waals surface area contributed by atoms with E-state index in [-0.39, 0.29) is 58.4 Å². The van der Waals surface area contributed by atoms with Crippen molar-refractivity contribution in [2.24, 2.45) is 23.2 Å². The Kier molecular flexibility index (Phi) is 11.4. The maximum atomic E-state index is 14.0. The van der Waals surface area contributed by atoms with Gasteiger partial charge in [0.15, 0.2) is 10.3 Å².